The summed E-state index contributed by atoms with van der Waals surface area (Å²) in [5.74, 6) is -0.877. The minimum absolute atomic E-state index is 0.0785. The van der Waals surface area contributed by atoms with Gasteiger partial charge in [-0.3, -0.25) is 14.4 Å². The molecule has 474 valence electrons. The van der Waals surface area contributed by atoms with E-state index in [0.29, 0.717) is 19.3 Å². The number of allylic oxidation sites excluding steroid dienone is 20. The number of unbranched alkanes of at least 4 members (excludes halogenated alkanes) is 32. The topological polar surface area (TPSA) is 78.9 Å². The lowest BCUT2D eigenvalue weighted by Gasteiger charge is -2.18. The fraction of sp³-hybridized carbons (Fsp3) is 0.701. The van der Waals surface area contributed by atoms with Gasteiger partial charge in [0.25, 0.3) is 0 Å². The molecule has 0 aliphatic heterocycles. The second-order valence-corrected chi connectivity index (χ2v) is 23.1. The second kappa shape index (κ2) is 70.3. The van der Waals surface area contributed by atoms with Crippen LogP contribution in [0.2, 0.25) is 0 Å². The van der Waals surface area contributed by atoms with Crippen LogP contribution in [-0.2, 0) is 28.6 Å². The molecule has 6 nitrogen and oxygen atoms in total. The molecule has 0 spiro atoms. The van der Waals surface area contributed by atoms with Crippen LogP contribution in [0.15, 0.2) is 122 Å². The van der Waals surface area contributed by atoms with Crippen LogP contribution in [-0.4, -0.2) is 37.2 Å². The third kappa shape index (κ3) is 68.5. The zero-order valence-electron chi connectivity index (χ0n) is 54.4. The van der Waals surface area contributed by atoms with E-state index in [-0.39, 0.29) is 31.1 Å². The van der Waals surface area contributed by atoms with Crippen LogP contribution in [0.25, 0.3) is 0 Å². The highest BCUT2D eigenvalue weighted by Crippen LogP contribution is 2.17. The third-order valence-electron chi connectivity index (χ3n) is 15.0. The lowest BCUT2D eigenvalue weighted by Crippen LogP contribution is -2.30. The van der Waals surface area contributed by atoms with E-state index >= 15 is 0 Å². The first-order valence-electron chi connectivity index (χ1n) is 35.0. The Morgan fingerprint density at radius 3 is 0.759 bits per heavy atom. The van der Waals surface area contributed by atoms with Gasteiger partial charge in [-0.05, 0) is 116 Å². The van der Waals surface area contributed by atoms with Gasteiger partial charge in [0.05, 0.1) is 0 Å². The molecular formula is C77H130O6. The van der Waals surface area contributed by atoms with E-state index in [2.05, 4.69) is 142 Å². The number of carbonyl (C=O) groups excluding carboxylic acids is 3. The molecule has 0 N–H and O–H groups in total. The summed E-state index contributed by atoms with van der Waals surface area (Å²) in [6, 6.07) is 0. The summed E-state index contributed by atoms with van der Waals surface area (Å²) in [5.41, 5.74) is 0. The van der Waals surface area contributed by atoms with Crippen molar-refractivity contribution in [2.24, 2.45) is 0 Å². The molecule has 0 aromatic rings. The largest absolute Gasteiger partial charge is 0.462 e. The SMILES string of the molecule is CC/C=C\C/C=C\C/C=C\C/C=C\C/C=C\C/C=C\C/C=C\C/C=C\CCCCCCCCCCCCC(=O)OCC(COC(=O)CCCCCCCCCCCCC)OC(=O)CCCCCCCCCCC/C=C\C/C=C\CCCCC. The second-order valence-electron chi connectivity index (χ2n) is 23.1. The number of carbonyl (C=O) groups is 3. The first kappa shape index (κ1) is 78.8. The van der Waals surface area contributed by atoms with Gasteiger partial charge in [0, 0.05) is 19.3 Å². The number of ether oxygens (including phenoxy) is 3. The Kier molecular flexibility index (Phi) is 66.7. The maximum absolute atomic E-state index is 12.9. The summed E-state index contributed by atoms with van der Waals surface area (Å²) in [7, 11) is 0. The molecule has 83 heavy (non-hydrogen) atoms. The number of rotatable bonds is 63. The van der Waals surface area contributed by atoms with Crippen LogP contribution in [0, 0.1) is 0 Å². The van der Waals surface area contributed by atoms with Gasteiger partial charge in [-0.2, -0.15) is 0 Å². The monoisotopic (exact) mass is 1150 g/mol. The predicted molar refractivity (Wildman–Crippen MR) is 362 cm³/mol. The van der Waals surface area contributed by atoms with Crippen molar-refractivity contribution in [3.8, 4) is 0 Å². The standard InChI is InChI=1S/C77H130O6/c1-4-7-10-13-16-19-22-24-26-28-30-31-32-33-34-35-36-37-38-39-40-41-42-43-44-45-47-48-50-52-55-58-61-64-67-70-76(79)82-73-74(72-81-75(78)69-66-63-60-57-54-21-18-15-12-9-6-3)83-77(80)71-68-65-62-59-56-53-51-49-46-29-27-25-23-20-17-14-11-8-5-2/h7,10,16-17,19-20,24-27,30-31,33-34,36-37,39-40,42-43,74H,4-6,8-9,11-15,18,21-23,28-29,32,35,38,41,44-73H2,1-3H3/b10-7-,19-16-,20-17-,26-24-,27-25-,31-30-,34-33-,37-36-,40-39-,43-42-. The van der Waals surface area contributed by atoms with Crippen molar-refractivity contribution in [2.45, 2.75) is 335 Å². The molecule has 1 unspecified atom stereocenters. The summed E-state index contributed by atoms with van der Waals surface area (Å²) >= 11 is 0. The summed E-state index contributed by atoms with van der Waals surface area (Å²) in [6.07, 6.45) is 97.9. The zero-order valence-corrected chi connectivity index (χ0v) is 54.4. The first-order chi connectivity index (χ1) is 41.0. The molecule has 0 aliphatic rings. The van der Waals surface area contributed by atoms with Gasteiger partial charge in [0.2, 0.25) is 0 Å². The van der Waals surface area contributed by atoms with E-state index in [9.17, 15) is 14.4 Å². The Morgan fingerprint density at radius 1 is 0.253 bits per heavy atom. The first-order valence-corrected chi connectivity index (χ1v) is 35.0. The zero-order chi connectivity index (χ0) is 59.9. The van der Waals surface area contributed by atoms with Gasteiger partial charge in [-0.15, -0.1) is 0 Å². The van der Waals surface area contributed by atoms with E-state index in [1.165, 1.54) is 173 Å². The molecule has 0 aliphatic carbocycles. The molecule has 0 bridgehead atoms. The highest BCUT2D eigenvalue weighted by atomic mass is 16.6. The van der Waals surface area contributed by atoms with Crippen LogP contribution < -0.4 is 0 Å². The molecule has 0 saturated heterocycles. The number of esters is 3. The van der Waals surface area contributed by atoms with Crippen LogP contribution in [0.1, 0.15) is 329 Å². The lowest BCUT2D eigenvalue weighted by atomic mass is 10.1. The van der Waals surface area contributed by atoms with Crippen molar-refractivity contribution in [2.75, 3.05) is 13.2 Å². The van der Waals surface area contributed by atoms with Crippen molar-refractivity contribution in [3.63, 3.8) is 0 Å². The van der Waals surface area contributed by atoms with Crippen LogP contribution >= 0.6 is 0 Å². The third-order valence-corrected chi connectivity index (χ3v) is 15.0. The molecule has 0 aromatic heterocycles. The van der Waals surface area contributed by atoms with E-state index < -0.39 is 6.10 Å². The molecule has 0 fully saturated rings. The van der Waals surface area contributed by atoms with Crippen molar-refractivity contribution in [3.05, 3.63) is 122 Å². The number of hydrogen-bond donors (Lipinski definition) is 0. The number of hydrogen-bond acceptors (Lipinski definition) is 6. The van der Waals surface area contributed by atoms with Crippen molar-refractivity contribution < 1.29 is 28.6 Å². The summed E-state index contributed by atoms with van der Waals surface area (Å²) in [6.45, 7) is 6.51. The molecule has 0 aromatic carbocycles. The fourth-order valence-electron chi connectivity index (χ4n) is 9.73. The normalized spacial score (nSPS) is 12.9. The average Bonchev–Trinajstić information content (AvgIpc) is 3.48. The highest BCUT2D eigenvalue weighted by molar-refractivity contribution is 5.71. The smallest absolute Gasteiger partial charge is 0.306 e. The van der Waals surface area contributed by atoms with Crippen LogP contribution in [0.4, 0.5) is 0 Å². The molecule has 0 rings (SSSR count). The molecule has 6 heteroatoms. The molecule has 0 saturated carbocycles. The average molecular weight is 1150 g/mol. The minimum atomic E-state index is -0.783. The molecule has 1 atom stereocenters. The fourth-order valence-corrected chi connectivity index (χ4v) is 9.73. The Bertz CT molecular complexity index is 1700. The van der Waals surface area contributed by atoms with Crippen molar-refractivity contribution in [1.82, 2.24) is 0 Å². The van der Waals surface area contributed by atoms with Crippen LogP contribution in [0.3, 0.4) is 0 Å². The van der Waals surface area contributed by atoms with Gasteiger partial charge < -0.3 is 14.2 Å². The highest BCUT2D eigenvalue weighted by Gasteiger charge is 2.19. The predicted octanol–water partition coefficient (Wildman–Crippen LogP) is 24.3. The summed E-state index contributed by atoms with van der Waals surface area (Å²) in [4.78, 5) is 38.3. The molecule has 0 heterocycles. The van der Waals surface area contributed by atoms with Gasteiger partial charge in [-0.1, -0.05) is 316 Å². The summed E-state index contributed by atoms with van der Waals surface area (Å²) in [5, 5.41) is 0. The quantitative estimate of drug-likeness (QED) is 0.0261. The molecule has 0 amide bonds. The minimum Gasteiger partial charge on any atom is -0.462 e. The Labute approximate surface area is 513 Å². The maximum atomic E-state index is 12.9. The van der Waals surface area contributed by atoms with E-state index in [1.807, 2.05) is 0 Å². The van der Waals surface area contributed by atoms with E-state index in [1.54, 1.807) is 0 Å². The van der Waals surface area contributed by atoms with Gasteiger partial charge in [-0.25, -0.2) is 0 Å². The van der Waals surface area contributed by atoms with Crippen molar-refractivity contribution in [1.29, 1.82) is 0 Å². The van der Waals surface area contributed by atoms with E-state index in [0.717, 1.165) is 116 Å². The maximum Gasteiger partial charge on any atom is 0.306 e. The van der Waals surface area contributed by atoms with E-state index in [4.69, 9.17) is 14.2 Å². The Morgan fingerprint density at radius 2 is 0.470 bits per heavy atom. The van der Waals surface area contributed by atoms with Gasteiger partial charge in [0.1, 0.15) is 13.2 Å². The molecular weight excluding hydrogens is 1020 g/mol. The Balaban J connectivity index is 4.21. The van der Waals surface area contributed by atoms with Gasteiger partial charge >= 0.3 is 17.9 Å². The van der Waals surface area contributed by atoms with Crippen LogP contribution in [0.5, 0.6) is 0 Å². The summed E-state index contributed by atoms with van der Waals surface area (Å²) < 4.78 is 16.9. The Hall–Kier alpha value is -4.19. The van der Waals surface area contributed by atoms with Crippen molar-refractivity contribution >= 4 is 17.9 Å². The molecule has 0 radical (unpaired) electrons. The lowest BCUT2D eigenvalue weighted by molar-refractivity contribution is -0.167. The van der Waals surface area contributed by atoms with Gasteiger partial charge in [0.15, 0.2) is 6.10 Å².